The third-order valence-electron chi connectivity index (χ3n) is 4.04. The van der Waals surface area contributed by atoms with Crippen molar-refractivity contribution in [2.75, 3.05) is 0 Å². The monoisotopic (exact) mass is 270 g/mol. The molecule has 0 nitrogen and oxygen atoms in total. The van der Waals surface area contributed by atoms with Crippen molar-refractivity contribution >= 4 is 0 Å². The molecule has 0 unspecified atom stereocenters. The van der Waals surface area contributed by atoms with Crippen LogP contribution in [0.5, 0.6) is 0 Å². The van der Waals surface area contributed by atoms with Gasteiger partial charge in [-0.15, -0.1) is 0 Å². The van der Waals surface area contributed by atoms with Gasteiger partial charge in [0.1, 0.15) is 0 Å². The van der Waals surface area contributed by atoms with Gasteiger partial charge in [-0.2, -0.15) is 0 Å². The Labute approximate surface area is 125 Å². The molecule has 0 bridgehead atoms. The molecule has 0 amide bonds. The van der Waals surface area contributed by atoms with Crippen LogP contribution in [-0.4, -0.2) is 0 Å². The van der Waals surface area contributed by atoms with Gasteiger partial charge in [0.25, 0.3) is 0 Å². The first-order valence-corrected chi connectivity index (χ1v) is 7.63. The lowest BCUT2D eigenvalue weighted by Gasteiger charge is -2.35. The van der Waals surface area contributed by atoms with Crippen LogP contribution in [0.15, 0.2) is 58.7 Å². The molecular weight excluding hydrogens is 240 g/mol. The van der Waals surface area contributed by atoms with Crippen LogP contribution < -0.4 is 0 Å². The molecule has 0 fully saturated rings. The molecule has 0 heteroatoms. The molecule has 0 N–H and O–H groups in total. The molecule has 0 saturated carbocycles. The quantitative estimate of drug-likeness (QED) is 0.509. The smallest absolute Gasteiger partial charge is 0.0101 e. The summed E-state index contributed by atoms with van der Waals surface area (Å²) >= 11 is 0. The fraction of sp³-hybridized carbons (Fsp3) is 0.500. The summed E-state index contributed by atoms with van der Waals surface area (Å²) in [4.78, 5) is 0. The van der Waals surface area contributed by atoms with Crippen molar-refractivity contribution in [1.82, 2.24) is 0 Å². The maximum absolute atomic E-state index is 3.88. The van der Waals surface area contributed by atoms with Gasteiger partial charge in [0.2, 0.25) is 0 Å². The number of hydrogen-bond donors (Lipinski definition) is 0. The second-order valence-electron chi connectivity index (χ2n) is 6.84. The van der Waals surface area contributed by atoms with Crippen molar-refractivity contribution in [3.8, 4) is 0 Å². The number of rotatable bonds is 4. The summed E-state index contributed by atoms with van der Waals surface area (Å²) in [6.07, 6.45) is 12.5. The Balaban J connectivity index is 3.01. The highest BCUT2D eigenvalue weighted by Gasteiger charge is 2.28. The molecule has 0 saturated heterocycles. The average molecular weight is 270 g/mol. The van der Waals surface area contributed by atoms with Gasteiger partial charge in [-0.1, -0.05) is 61.4 Å². The summed E-state index contributed by atoms with van der Waals surface area (Å²) in [5.74, 6) is 0. The van der Waals surface area contributed by atoms with Crippen molar-refractivity contribution < 1.29 is 0 Å². The maximum Gasteiger partial charge on any atom is -0.0101 e. The molecule has 0 aromatic heterocycles. The molecule has 0 heterocycles. The van der Waals surface area contributed by atoms with Gasteiger partial charge in [0.05, 0.1) is 0 Å². The SMILES string of the molecule is C=C(C)/C=C/C=C(C)/C=C(/C)C1=C(C)CCCC1(C)C. The van der Waals surface area contributed by atoms with Crippen LogP contribution in [0.1, 0.15) is 60.8 Å². The zero-order valence-electron chi connectivity index (χ0n) is 14.1. The first-order chi connectivity index (χ1) is 9.24. The Hall–Kier alpha value is -1.30. The summed E-state index contributed by atoms with van der Waals surface area (Å²) in [7, 11) is 0. The van der Waals surface area contributed by atoms with Gasteiger partial charge in [-0.25, -0.2) is 0 Å². The van der Waals surface area contributed by atoms with Gasteiger partial charge in [-0.3, -0.25) is 0 Å². The summed E-state index contributed by atoms with van der Waals surface area (Å²) in [5, 5.41) is 0. The van der Waals surface area contributed by atoms with E-state index in [4.69, 9.17) is 0 Å². The van der Waals surface area contributed by atoms with E-state index in [-0.39, 0.29) is 0 Å². The van der Waals surface area contributed by atoms with Crippen LogP contribution in [0.3, 0.4) is 0 Å². The fourth-order valence-corrected chi connectivity index (χ4v) is 3.32. The predicted octanol–water partition coefficient (Wildman–Crippen LogP) is 6.54. The lowest BCUT2D eigenvalue weighted by Crippen LogP contribution is -2.21. The molecule has 1 aliphatic rings. The Morgan fingerprint density at radius 1 is 1.20 bits per heavy atom. The molecule has 0 atom stereocenters. The van der Waals surface area contributed by atoms with E-state index in [2.05, 4.69) is 59.4 Å². The van der Waals surface area contributed by atoms with E-state index in [0.717, 1.165) is 5.57 Å². The van der Waals surface area contributed by atoms with Crippen LogP contribution in [0, 0.1) is 5.41 Å². The number of allylic oxidation sites excluding steroid dienone is 9. The highest BCUT2D eigenvalue weighted by Crippen LogP contribution is 2.43. The Morgan fingerprint density at radius 2 is 1.85 bits per heavy atom. The highest BCUT2D eigenvalue weighted by molar-refractivity contribution is 5.43. The summed E-state index contributed by atoms with van der Waals surface area (Å²) < 4.78 is 0. The van der Waals surface area contributed by atoms with Crippen molar-refractivity contribution in [3.63, 3.8) is 0 Å². The van der Waals surface area contributed by atoms with Gasteiger partial charge >= 0.3 is 0 Å². The third kappa shape index (κ3) is 4.67. The largest absolute Gasteiger partial charge is 0.0961 e. The molecule has 110 valence electrons. The van der Waals surface area contributed by atoms with Crippen molar-refractivity contribution in [1.29, 1.82) is 0 Å². The summed E-state index contributed by atoms with van der Waals surface area (Å²) in [6.45, 7) is 17.4. The zero-order valence-corrected chi connectivity index (χ0v) is 14.1. The molecular formula is C20H30. The van der Waals surface area contributed by atoms with Crippen LogP contribution in [0.25, 0.3) is 0 Å². The van der Waals surface area contributed by atoms with Crippen LogP contribution >= 0.6 is 0 Å². The van der Waals surface area contributed by atoms with Crippen molar-refractivity contribution in [2.45, 2.75) is 60.8 Å². The van der Waals surface area contributed by atoms with E-state index < -0.39 is 0 Å². The van der Waals surface area contributed by atoms with Crippen LogP contribution in [-0.2, 0) is 0 Å². The van der Waals surface area contributed by atoms with E-state index in [0.29, 0.717) is 5.41 Å². The van der Waals surface area contributed by atoms with E-state index in [9.17, 15) is 0 Å². The first kappa shape index (κ1) is 16.8. The Morgan fingerprint density at radius 3 is 2.40 bits per heavy atom. The second-order valence-corrected chi connectivity index (χ2v) is 6.84. The maximum atomic E-state index is 3.88. The van der Waals surface area contributed by atoms with Crippen molar-refractivity contribution in [3.05, 3.63) is 58.7 Å². The van der Waals surface area contributed by atoms with Gasteiger partial charge in [0.15, 0.2) is 0 Å². The van der Waals surface area contributed by atoms with E-state index in [1.807, 2.05) is 13.0 Å². The zero-order chi connectivity index (χ0) is 15.3. The molecule has 1 rings (SSSR count). The van der Waals surface area contributed by atoms with Gasteiger partial charge in [-0.05, 0) is 63.5 Å². The lowest BCUT2D eigenvalue weighted by atomic mass is 9.70. The molecule has 0 aromatic rings. The molecule has 0 aliphatic heterocycles. The van der Waals surface area contributed by atoms with E-state index in [1.165, 1.54) is 30.4 Å². The van der Waals surface area contributed by atoms with Crippen LogP contribution in [0.4, 0.5) is 0 Å². The van der Waals surface area contributed by atoms with Gasteiger partial charge in [0, 0.05) is 0 Å². The second kappa shape index (κ2) is 6.92. The Bertz CT molecular complexity index is 490. The van der Waals surface area contributed by atoms with Gasteiger partial charge < -0.3 is 0 Å². The lowest BCUT2D eigenvalue weighted by molar-refractivity contribution is 0.372. The highest BCUT2D eigenvalue weighted by atomic mass is 14.3. The summed E-state index contributed by atoms with van der Waals surface area (Å²) in [5.41, 5.74) is 7.25. The molecule has 20 heavy (non-hydrogen) atoms. The van der Waals surface area contributed by atoms with Crippen molar-refractivity contribution in [2.24, 2.45) is 5.41 Å². The molecule has 0 spiro atoms. The van der Waals surface area contributed by atoms with E-state index in [1.54, 1.807) is 11.1 Å². The summed E-state index contributed by atoms with van der Waals surface area (Å²) in [6, 6.07) is 0. The molecule has 0 radical (unpaired) electrons. The minimum atomic E-state index is 0.316. The minimum Gasteiger partial charge on any atom is -0.0961 e. The molecule has 1 aliphatic carbocycles. The predicted molar refractivity (Wildman–Crippen MR) is 91.8 cm³/mol. The normalized spacial score (nSPS) is 20.7. The average Bonchev–Trinajstić information content (AvgIpc) is 2.26. The van der Waals surface area contributed by atoms with Crippen LogP contribution in [0.2, 0.25) is 0 Å². The van der Waals surface area contributed by atoms with E-state index >= 15 is 0 Å². The Kier molecular flexibility index (Phi) is 5.80. The molecule has 0 aromatic carbocycles. The standard InChI is InChI=1S/C20H30/c1-15(2)10-8-11-16(3)14-18(5)19-17(4)12-9-13-20(19,6)7/h8,10-11,14H,1,9,12-13H2,2-7H3/b10-8+,16-11+,18-14-. The number of hydrogen-bond acceptors (Lipinski definition) is 0. The first-order valence-electron chi connectivity index (χ1n) is 7.63. The third-order valence-corrected chi connectivity index (χ3v) is 4.04. The minimum absolute atomic E-state index is 0.316. The fourth-order valence-electron chi connectivity index (χ4n) is 3.32. The topological polar surface area (TPSA) is 0 Å².